The summed E-state index contributed by atoms with van der Waals surface area (Å²) < 4.78 is 14.2. The number of ether oxygens (including phenoxy) is 2. The molecule has 1 aliphatic carbocycles. The molecule has 0 atom stereocenters. The summed E-state index contributed by atoms with van der Waals surface area (Å²) in [4.78, 5) is 27.4. The van der Waals surface area contributed by atoms with Gasteiger partial charge < -0.3 is 9.47 Å². The molecule has 0 saturated carbocycles. The molecule has 1 aliphatic rings. The van der Waals surface area contributed by atoms with E-state index in [0.717, 1.165) is 11.1 Å². The monoisotopic (exact) mass is 469 g/mol. The molecule has 5 rings (SSSR count). The standard InChI is InChI=1S/C28H27N3O4/c1-28(2)14-24-21(25(32)15-28)13-23(30-17-19(16-29-30)18-8-6-5-7-9-18)27(33)31(24)22-12-20(34-3)10-11-26(22)35-4/h5-13,16-17H,14-15H2,1-4H3. The van der Waals surface area contributed by atoms with Crippen molar-refractivity contribution in [3.05, 3.63) is 88.6 Å². The lowest BCUT2D eigenvalue weighted by molar-refractivity contribution is 0.0908. The molecule has 0 bridgehead atoms. The van der Waals surface area contributed by atoms with E-state index in [4.69, 9.17) is 9.47 Å². The van der Waals surface area contributed by atoms with Gasteiger partial charge in [0.1, 0.15) is 17.2 Å². The van der Waals surface area contributed by atoms with Gasteiger partial charge in [0.2, 0.25) is 0 Å². The third-order valence-electron chi connectivity index (χ3n) is 6.43. The Balaban J connectivity index is 1.79. The largest absolute Gasteiger partial charge is 0.497 e. The number of aromatic nitrogens is 3. The Morgan fingerprint density at radius 1 is 0.886 bits per heavy atom. The molecule has 2 aromatic carbocycles. The van der Waals surface area contributed by atoms with Gasteiger partial charge in [0, 0.05) is 35.5 Å². The second kappa shape index (κ2) is 8.58. The molecular formula is C28H27N3O4. The van der Waals surface area contributed by atoms with Gasteiger partial charge in [-0.3, -0.25) is 14.2 Å². The van der Waals surface area contributed by atoms with Crippen LogP contribution in [0.25, 0.3) is 22.5 Å². The Hall–Kier alpha value is -4.13. The van der Waals surface area contributed by atoms with Crippen LogP contribution in [0.4, 0.5) is 0 Å². The molecule has 35 heavy (non-hydrogen) atoms. The van der Waals surface area contributed by atoms with Gasteiger partial charge in [-0.25, -0.2) is 4.68 Å². The highest BCUT2D eigenvalue weighted by molar-refractivity contribution is 5.99. The summed E-state index contributed by atoms with van der Waals surface area (Å²) in [5.41, 5.74) is 3.31. The highest BCUT2D eigenvalue weighted by atomic mass is 16.5. The molecular weight excluding hydrogens is 442 g/mol. The number of hydrogen-bond donors (Lipinski definition) is 0. The van der Waals surface area contributed by atoms with E-state index in [0.29, 0.717) is 47.0 Å². The Bertz CT molecular complexity index is 1480. The van der Waals surface area contributed by atoms with Gasteiger partial charge in [-0.15, -0.1) is 0 Å². The summed E-state index contributed by atoms with van der Waals surface area (Å²) in [5.74, 6) is 1.09. The summed E-state index contributed by atoms with van der Waals surface area (Å²) in [5, 5.41) is 4.47. The van der Waals surface area contributed by atoms with Crippen molar-refractivity contribution in [3.63, 3.8) is 0 Å². The summed E-state index contributed by atoms with van der Waals surface area (Å²) >= 11 is 0. The number of methoxy groups -OCH3 is 2. The zero-order valence-electron chi connectivity index (χ0n) is 20.2. The van der Waals surface area contributed by atoms with Crippen LogP contribution in [-0.2, 0) is 6.42 Å². The van der Waals surface area contributed by atoms with Crippen LogP contribution in [0.3, 0.4) is 0 Å². The SMILES string of the molecule is COc1ccc(OC)c(-n2c3c(cc(-n4cc(-c5ccccc5)cn4)c2=O)C(=O)CC(C)(C)C3)c1. The number of rotatable bonds is 5. The van der Waals surface area contributed by atoms with Gasteiger partial charge in [-0.1, -0.05) is 44.2 Å². The Kier molecular flexibility index (Phi) is 5.55. The molecule has 7 nitrogen and oxygen atoms in total. The first-order valence-electron chi connectivity index (χ1n) is 11.5. The van der Waals surface area contributed by atoms with Crippen molar-refractivity contribution >= 4 is 5.78 Å². The van der Waals surface area contributed by atoms with Crippen LogP contribution in [-0.4, -0.2) is 34.4 Å². The molecule has 0 saturated heterocycles. The molecule has 0 spiro atoms. The van der Waals surface area contributed by atoms with Gasteiger partial charge in [-0.2, -0.15) is 5.10 Å². The lowest BCUT2D eigenvalue weighted by Crippen LogP contribution is -2.36. The second-order valence-corrected chi connectivity index (χ2v) is 9.55. The topological polar surface area (TPSA) is 75.3 Å². The van der Waals surface area contributed by atoms with E-state index in [1.807, 2.05) is 50.4 Å². The van der Waals surface area contributed by atoms with Crippen molar-refractivity contribution in [2.75, 3.05) is 14.2 Å². The second-order valence-electron chi connectivity index (χ2n) is 9.55. The first kappa shape index (κ1) is 22.7. The average molecular weight is 470 g/mol. The molecule has 7 heteroatoms. The summed E-state index contributed by atoms with van der Waals surface area (Å²) in [6, 6.07) is 16.8. The number of ketones is 1. The fourth-order valence-electron chi connectivity index (χ4n) is 4.73. The maximum Gasteiger partial charge on any atom is 0.281 e. The molecule has 0 amide bonds. The maximum atomic E-state index is 14.1. The molecule has 0 aliphatic heterocycles. The highest BCUT2D eigenvalue weighted by Crippen LogP contribution is 2.37. The zero-order valence-corrected chi connectivity index (χ0v) is 20.2. The smallest absolute Gasteiger partial charge is 0.281 e. The van der Waals surface area contributed by atoms with Gasteiger partial charge in [0.05, 0.1) is 26.1 Å². The molecule has 2 aromatic heterocycles. The summed E-state index contributed by atoms with van der Waals surface area (Å²) in [7, 11) is 3.13. The Morgan fingerprint density at radius 3 is 2.37 bits per heavy atom. The van der Waals surface area contributed by atoms with E-state index >= 15 is 0 Å². The van der Waals surface area contributed by atoms with Crippen LogP contribution in [0.2, 0.25) is 0 Å². The number of hydrogen-bond acceptors (Lipinski definition) is 5. The molecule has 0 unspecified atom stereocenters. The minimum atomic E-state index is -0.288. The number of carbonyl (C=O) groups is 1. The lowest BCUT2D eigenvalue weighted by Gasteiger charge is -2.32. The van der Waals surface area contributed by atoms with Gasteiger partial charge in [-0.05, 0) is 35.6 Å². The fourth-order valence-corrected chi connectivity index (χ4v) is 4.73. The van der Waals surface area contributed by atoms with Crippen LogP contribution >= 0.6 is 0 Å². The highest BCUT2D eigenvalue weighted by Gasteiger charge is 2.35. The van der Waals surface area contributed by atoms with E-state index in [1.54, 1.807) is 53.9 Å². The van der Waals surface area contributed by atoms with E-state index in [2.05, 4.69) is 5.10 Å². The predicted octanol–water partition coefficient (Wildman–Crippen LogP) is 4.86. The van der Waals surface area contributed by atoms with Crippen molar-refractivity contribution in [1.82, 2.24) is 14.3 Å². The van der Waals surface area contributed by atoms with E-state index in [9.17, 15) is 9.59 Å². The van der Waals surface area contributed by atoms with Crippen LogP contribution in [0.15, 0.2) is 71.8 Å². The molecule has 0 N–H and O–H groups in total. The van der Waals surface area contributed by atoms with Crippen molar-refractivity contribution in [2.45, 2.75) is 26.7 Å². The van der Waals surface area contributed by atoms with Gasteiger partial charge in [0.15, 0.2) is 5.78 Å². The number of pyridine rings is 1. The van der Waals surface area contributed by atoms with Gasteiger partial charge in [0.25, 0.3) is 5.56 Å². The van der Waals surface area contributed by atoms with Crippen molar-refractivity contribution in [3.8, 4) is 34.0 Å². The Labute approximate surface area is 203 Å². The number of Topliss-reactive ketones (excluding diaryl/α,β-unsaturated/α-hetero) is 1. The summed E-state index contributed by atoms with van der Waals surface area (Å²) in [6.45, 7) is 4.08. The third-order valence-corrected chi connectivity index (χ3v) is 6.43. The molecule has 0 radical (unpaired) electrons. The van der Waals surface area contributed by atoms with Crippen LogP contribution in [0.1, 0.15) is 36.3 Å². The zero-order chi connectivity index (χ0) is 24.7. The van der Waals surface area contributed by atoms with Crippen molar-refractivity contribution < 1.29 is 14.3 Å². The summed E-state index contributed by atoms with van der Waals surface area (Å²) in [6.07, 6.45) is 4.50. The van der Waals surface area contributed by atoms with Crippen LogP contribution in [0.5, 0.6) is 11.5 Å². The first-order chi connectivity index (χ1) is 16.8. The van der Waals surface area contributed by atoms with E-state index in [-0.39, 0.29) is 16.8 Å². The average Bonchev–Trinajstić information content (AvgIpc) is 3.33. The number of fused-ring (bicyclic) bond motifs is 1. The maximum absolute atomic E-state index is 14.1. The van der Waals surface area contributed by atoms with Crippen molar-refractivity contribution in [2.24, 2.45) is 5.41 Å². The van der Waals surface area contributed by atoms with Crippen molar-refractivity contribution in [1.29, 1.82) is 0 Å². The number of nitrogens with zero attached hydrogens (tertiary/aromatic N) is 3. The van der Waals surface area contributed by atoms with Crippen LogP contribution < -0.4 is 15.0 Å². The first-order valence-corrected chi connectivity index (χ1v) is 11.5. The van der Waals surface area contributed by atoms with E-state index < -0.39 is 0 Å². The minimum Gasteiger partial charge on any atom is -0.497 e. The molecule has 0 fully saturated rings. The third kappa shape index (κ3) is 4.03. The van der Waals surface area contributed by atoms with E-state index in [1.165, 1.54) is 0 Å². The predicted molar refractivity (Wildman–Crippen MR) is 134 cm³/mol. The molecule has 178 valence electrons. The van der Waals surface area contributed by atoms with Gasteiger partial charge >= 0.3 is 0 Å². The number of benzene rings is 2. The molecule has 4 aromatic rings. The molecule has 2 heterocycles. The lowest BCUT2D eigenvalue weighted by atomic mass is 9.75. The minimum absolute atomic E-state index is 0.00329. The fraction of sp³-hybridized carbons (Fsp3) is 0.250. The normalized spacial score (nSPS) is 14.5. The van der Waals surface area contributed by atoms with Crippen LogP contribution in [0, 0.1) is 5.41 Å². The quantitative estimate of drug-likeness (QED) is 0.417. The number of carbonyl (C=O) groups excluding carboxylic acids is 1. The Morgan fingerprint density at radius 2 is 1.66 bits per heavy atom.